The van der Waals surface area contributed by atoms with E-state index in [-0.39, 0.29) is 40.7 Å². The second-order valence-electron chi connectivity index (χ2n) is 6.43. The molecule has 0 saturated heterocycles. The van der Waals surface area contributed by atoms with Gasteiger partial charge in [-0.1, -0.05) is 46.1 Å². The number of esters is 1. The Morgan fingerprint density at radius 2 is 1.71 bits per heavy atom. The fourth-order valence-electron chi connectivity index (χ4n) is 2.40. The Balaban J connectivity index is 1.53. The van der Waals surface area contributed by atoms with Gasteiger partial charge in [-0.05, 0) is 18.2 Å². The average molecular weight is 581 g/mol. The van der Waals surface area contributed by atoms with E-state index in [1.54, 1.807) is 0 Å². The zero-order chi connectivity index (χ0) is 25.8. The molecule has 1 amide bonds. The highest BCUT2D eigenvalue weighted by Crippen LogP contribution is 2.34. The zero-order valence-electron chi connectivity index (χ0n) is 17.1. The van der Waals surface area contributed by atoms with Crippen molar-refractivity contribution in [3.05, 3.63) is 67.8 Å². The van der Waals surface area contributed by atoms with E-state index in [1.165, 1.54) is 12.1 Å². The van der Waals surface area contributed by atoms with Crippen molar-refractivity contribution in [2.75, 3.05) is 18.5 Å². The van der Waals surface area contributed by atoms with Crippen molar-refractivity contribution in [3.63, 3.8) is 0 Å². The van der Waals surface area contributed by atoms with Crippen LogP contribution in [0.4, 0.5) is 10.8 Å². The van der Waals surface area contributed by atoms with Crippen LogP contribution in [0.25, 0.3) is 0 Å². The number of anilines is 1. The minimum absolute atomic E-state index is 0.0645. The number of hydrogen-bond donors (Lipinski definition) is 1. The van der Waals surface area contributed by atoms with Crippen LogP contribution in [0.5, 0.6) is 5.75 Å². The van der Waals surface area contributed by atoms with Crippen LogP contribution < -0.4 is 10.1 Å². The molecule has 11 nitrogen and oxygen atoms in total. The molecule has 0 saturated carbocycles. The maximum absolute atomic E-state index is 12.7. The van der Waals surface area contributed by atoms with Crippen molar-refractivity contribution in [3.8, 4) is 5.75 Å². The summed E-state index contributed by atoms with van der Waals surface area (Å²) in [5.74, 6) is -1.57. The van der Waals surface area contributed by atoms with Crippen LogP contribution in [0.15, 0.2) is 51.7 Å². The van der Waals surface area contributed by atoms with Crippen molar-refractivity contribution >= 4 is 78.7 Å². The molecule has 0 aliphatic heterocycles. The summed E-state index contributed by atoms with van der Waals surface area (Å²) in [6, 6.07) is 6.96. The lowest BCUT2D eigenvalue weighted by atomic mass is 10.3. The SMILES string of the molecule is O=C(COC(=O)COc1cc(Cl)c(Cl)cc1Cl)Nc1ncc(S(=O)(=O)c2ccc([N+](=O)[O-])cc2)s1. The Hall–Kier alpha value is -2.97. The third-order valence-electron chi connectivity index (χ3n) is 4.04. The van der Waals surface area contributed by atoms with Gasteiger partial charge < -0.3 is 9.47 Å². The number of rotatable bonds is 9. The summed E-state index contributed by atoms with van der Waals surface area (Å²) in [6.45, 7) is -1.26. The van der Waals surface area contributed by atoms with E-state index < -0.39 is 39.9 Å². The summed E-state index contributed by atoms with van der Waals surface area (Å²) in [7, 11) is -4.01. The second-order valence-corrected chi connectivity index (χ2v) is 10.9. The van der Waals surface area contributed by atoms with Gasteiger partial charge in [0.15, 0.2) is 18.3 Å². The fourth-order valence-corrected chi connectivity index (χ4v) is 5.44. The number of benzene rings is 2. The highest BCUT2D eigenvalue weighted by atomic mass is 35.5. The number of carbonyl (C=O) groups excluding carboxylic acids is 2. The van der Waals surface area contributed by atoms with E-state index in [0.717, 1.165) is 30.5 Å². The Kier molecular flexibility index (Phi) is 8.51. The number of ether oxygens (including phenoxy) is 2. The minimum Gasteiger partial charge on any atom is -0.480 e. The molecule has 1 aromatic heterocycles. The summed E-state index contributed by atoms with van der Waals surface area (Å²) >= 11 is 18.2. The molecule has 1 heterocycles. The minimum atomic E-state index is -4.01. The quantitative estimate of drug-likeness (QED) is 0.168. The first-order valence-corrected chi connectivity index (χ1v) is 12.6. The average Bonchev–Trinajstić information content (AvgIpc) is 3.28. The van der Waals surface area contributed by atoms with Gasteiger partial charge in [0.1, 0.15) is 9.96 Å². The highest BCUT2D eigenvalue weighted by Gasteiger charge is 2.22. The molecule has 0 aliphatic carbocycles. The van der Waals surface area contributed by atoms with E-state index in [9.17, 15) is 28.1 Å². The number of halogens is 3. The Morgan fingerprint density at radius 1 is 1.06 bits per heavy atom. The van der Waals surface area contributed by atoms with Crippen LogP contribution in [0.1, 0.15) is 0 Å². The van der Waals surface area contributed by atoms with Gasteiger partial charge >= 0.3 is 5.97 Å². The molecule has 0 aliphatic rings. The van der Waals surface area contributed by atoms with Crippen LogP contribution in [0.2, 0.25) is 15.1 Å². The smallest absolute Gasteiger partial charge is 0.344 e. The number of thiazole rings is 1. The number of nitro groups is 1. The molecule has 184 valence electrons. The molecule has 0 radical (unpaired) electrons. The van der Waals surface area contributed by atoms with Crippen LogP contribution in [-0.2, 0) is 24.2 Å². The van der Waals surface area contributed by atoms with Crippen LogP contribution in [-0.4, -0.2) is 43.4 Å². The molecule has 2 aromatic carbocycles. The standard InChI is InChI=1S/C19H12Cl3N3O8S2/c20-12-5-14(22)15(6-13(12)21)32-9-17(27)33-8-16(26)24-19-23-7-18(34-19)35(30,31)11-3-1-10(2-4-11)25(28)29/h1-7H,8-9H2,(H,23,24,26). The molecule has 0 atom stereocenters. The van der Waals surface area contributed by atoms with Crippen LogP contribution >= 0.6 is 46.1 Å². The first-order chi connectivity index (χ1) is 16.5. The Bertz CT molecular complexity index is 1390. The van der Waals surface area contributed by atoms with Gasteiger partial charge in [-0.3, -0.25) is 20.2 Å². The molecule has 0 spiro atoms. The third kappa shape index (κ3) is 6.80. The molecular formula is C19H12Cl3N3O8S2. The maximum Gasteiger partial charge on any atom is 0.344 e. The van der Waals surface area contributed by atoms with Crippen LogP contribution in [0.3, 0.4) is 0 Å². The first-order valence-electron chi connectivity index (χ1n) is 9.15. The predicted molar refractivity (Wildman–Crippen MR) is 127 cm³/mol. The monoisotopic (exact) mass is 579 g/mol. The van der Waals surface area contributed by atoms with Crippen molar-refractivity contribution in [1.29, 1.82) is 0 Å². The molecule has 0 unspecified atom stereocenters. The van der Waals surface area contributed by atoms with Crippen LogP contribution in [0, 0.1) is 10.1 Å². The van der Waals surface area contributed by atoms with E-state index in [2.05, 4.69) is 10.3 Å². The Labute approximate surface area is 216 Å². The van der Waals surface area contributed by atoms with Gasteiger partial charge in [-0.15, -0.1) is 0 Å². The first kappa shape index (κ1) is 26.6. The number of hydrogen-bond acceptors (Lipinski definition) is 10. The molecule has 3 aromatic rings. The van der Waals surface area contributed by atoms with Gasteiger partial charge in [0.2, 0.25) is 9.84 Å². The van der Waals surface area contributed by atoms with Crippen molar-refractivity contribution in [1.82, 2.24) is 4.98 Å². The van der Waals surface area contributed by atoms with Gasteiger partial charge in [0, 0.05) is 18.2 Å². The molecule has 0 fully saturated rings. The largest absolute Gasteiger partial charge is 0.480 e. The van der Waals surface area contributed by atoms with Gasteiger partial charge in [0.25, 0.3) is 11.6 Å². The van der Waals surface area contributed by atoms with E-state index >= 15 is 0 Å². The predicted octanol–water partition coefficient (Wildman–Crippen LogP) is 4.41. The number of aromatic nitrogens is 1. The molecule has 16 heteroatoms. The van der Waals surface area contributed by atoms with Crippen molar-refractivity contribution in [2.24, 2.45) is 0 Å². The number of nitrogens with zero attached hydrogens (tertiary/aromatic N) is 2. The zero-order valence-corrected chi connectivity index (χ0v) is 21.0. The number of nitrogens with one attached hydrogen (secondary N) is 1. The molecular weight excluding hydrogens is 569 g/mol. The lowest BCUT2D eigenvalue weighted by Crippen LogP contribution is -2.23. The number of carbonyl (C=O) groups is 2. The third-order valence-corrected chi connectivity index (χ3v) is 8.20. The lowest BCUT2D eigenvalue weighted by Gasteiger charge is -2.09. The van der Waals surface area contributed by atoms with Crippen molar-refractivity contribution < 1.29 is 32.4 Å². The summed E-state index contributed by atoms with van der Waals surface area (Å²) in [6.07, 6.45) is 1.03. The normalized spacial score (nSPS) is 11.1. The summed E-state index contributed by atoms with van der Waals surface area (Å²) in [5, 5.41) is 13.5. The molecule has 0 bridgehead atoms. The molecule has 3 rings (SSSR count). The van der Waals surface area contributed by atoms with E-state index in [4.69, 9.17) is 44.3 Å². The summed E-state index contributed by atoms with van der Waals surface area (Å²) in [4.78, 5) is 37.6. The molecule has 1 N–H and O–H groups in total. The number of sulfone groups is 1. The summed E-state index contributed by atoms with van der Waals surface area (Å²) < 4.78 is 35.1. The van der Waals surface area contributed by atoms with Gasteiger partial charge in [-0.2, -0.15) is 0 Å². The fraction of sp³-hybridized carbons (Fsp3) is 0.105. The van der Waals surface area contributed by atoms with Gasteiger partial charge in [-0.25, -0.2) is 18.2 Å². The topological polar surface area (TPSA) is 155 Å². The number of non-ortho nitro benzene ring substituents is 1. The lowest BCUT2D eigenvalue weighted by molar-refractivity contribution is -0.384. The number of amides is 1. The Morgan fingerprint density at radius 3 is 2.37 bits per heavy atom. The van der Waals surface area contributed by atoms with E-state index in [1.807, 2.05) is 0 Å². The van der Waals surface area contributed by atoms with Crippen molar-refractivity contribution in [2.45, 2.75) is 9.10 Å². The van der Waals surface area contributed by atoms with E-state index in [0.29, 0.717) is 11.3 Å². The summed E-state index contributed by atoms with van der Waals surface area (Å²) in [5.41, 5.74) is -0.263. The van der Waals surface area contributed by atoms with Gasteiger partial charge in [0.05, 0.1) is 31.1 Å². The molecule has 35 heavy (non-hydrogen) atoms. The maximum atomic E-state index is 12.7. The second kappa shape index (κ2) is 11.2. The number of nitro benzene ring substituents is 1. The highest BCUT2D eigenvalue weighted by molar-refractivity contribution is 7.93.